The number of nitrogens with one attached hydrogen (secondary N) is 1. The highest BCUT2D eigenvalue weighted by atomic mass is 35.5. The largest absolute Gasteiger partial charge is 0.309 e. The zero-order valence-electron chi connectivity index (χ0n) is 11.0. The molecule has 0 heterocycles. The van der Waals surface area contributed by atoms with E-state index in [1.54, 1.807) is 13.1 Å². The minimum Gasteiger partial charge on any atom is -0.309 e. The van der Waals surface area contributed by atoms with Crippen molar-refractivity contribution in [2.45, 2.75) is 13.0 Å². The molecule has 0 fully saturated rings. The van der Waals surface area contributed by atoms with Crippen LogP contribution in [0, 0.1) is 24.4 Å². The minimum absolute atomic E-state index is 0.0387. The molecule has 2 rings (SSSR count). The maximum Gasteiger partial charge on any atom is 0.164 e. The normalized spacial score (nSPS) is 12.5. The van der Waals surface area contributed by atoms with Crippen LogP contribution in [-0.4, -0.2) is 7.05 Å². The molecule has 106 valence electrons. The van der Waals surface area contributed by atoms with Crippen LogP contribution in [0.3, 0.4) is 0 Å². The van der Waals surface area contributed by atoms with Crippen LogP contribution in [0.5, 0.6) is 0 Å². The van der Waals surface area contributed by atoms with Crippen LogP contribution in [0.2, 0.25) is 5.02 Å². The van der Waals surface area contributed by atoms with Crippen molar-refractivity contribution in [3.63, 3.8) is 0 Å². The summed E-state index contributed by atoms with van der Waals surface area (Å²) < 4.78 is 41.8. The van der Waals surface area contributed by atoms with Crippen LogP contribution in [0.1, 0.15) is 22.7 Å². The van der Waals surface area contributed by atoms with Crippen molar-refractivity contribution >= 4 is 11.6 Å². The zero-order valence-corrected chi connectivity index (χ0v) is 11.7. The Labute approximate surface area is 120 Å². The monoisotopic (exact) mass is 299 g/mol. The number of halogens is 4. The van der Waals surface area contributed by atoms with E-state index < -0.39 is 23.5 Å². The summed E-state index contributed by atoms with van der Waals surface area (Å²) in [6.07, 6.45) is 0. The van der Waals surface area contributed by atoms with Crippen LogP contribution in [0.25, 0.3) is 0 Å². The Balaban J connectivity index is 2.59. The number of rotatable bonds is 3. The van der Waals surface area contributed by atoms with Crippen LogP contribution >= 0.6 is 11.6 Å². The molecule has 0 amide bonds. The molecule has 0 aliphatic carbocycles. The third kappa shape index (κ3) is 2.53. The second-order valence-electron chi connectivity index (χ2n) is 4.46. The molecule has 0 aliphatic rings. The average molecular weight is 300 g/mol. The van der Waals surface area contributed by atoms with Gasteiger partial charge < -0.3 is 5.32 Å². The van der Waals surface area contributed by atoms with Crippen molar-refractivity contribution in [2.75, 3.05) is 7.05 Å². The molecule has 0 aliphatic heterocycles. The van der Waals surface area contributed by atoms with Gasteiger partial charge in [-0.2, -0.15) is 0 Å². The maximum absolute atomic E-state index is 14.0. The van der Waals surface area contributed by atoms with Gasteiger partial charge in [0, 0.05) is 11.1 Å². The Morgan fingerprint density at radius 2 is 1.60 bits per heavy atom. The fraction of sp³-hybridized carbons (Fsp3) is 0.200. The first-order chi connectivity index (χ1) is 9.47. The number of aryl methyl sites for hydroxylation is 1. The van der Waals surface area contributed by atoms with Gasteiger partial charge >= 0.3 is 0 Å². The van der Waals surface area contributed by atoms with E-state index in [9.17, 15) is 13.2 Å². The Kier molecular flexibility index (Phi) is 4.35. The Morgan fingerprint density at radius 3 is 2.25 bits per heavy atom. The molecule has 0 radical (unpaired) electrons. The first-order valence-electron chi connectivity index (χ1n) is 6.03. The van der Waals surface area contributed by atoms with Gasteiger partial charge in [0.1, 0.15) is 5.82 Å². The Hall–Kier alpha value is -1.52. The van der Waals surface area contributed by atoms with E-state index in [2.05, 4.69) is 5.32 Å². The quantitative estimate of drug-likeness (QED) is 0.887. The molecule has 1 unspecified atom stereocenters. The fourth-order valence-electron chi connectivity index (χ4n) is 2.11. The third-order valence-corrected chi connectivity index (χ3v) is 3.49. The van der Waals surface area contributed by atoms with Crippen LogP contribution in [-0.2, 0) is 0 Å². The second kappa shape index (κ2) is 5.85. The van der Waals surface area contributed by atoms with Crippen molar-refractivity contribution in [2.24, 2.45) is 0 Å². The lowest BCUT2D eigenvalue weighted by atomic mass is 9.96. The summed E-state index contributed by atoms with van der Waals surface area (Å²) in [4.78, 5) is 0. The number of hydrogen-bond donors (Lipinski definition) is 1. The van der Waals surface area contributed by atoms with E-state index in [1.807, 2.05) is 0 Å². The minimum atomic E-state index is -0.983. The molecule has 1 nitrogen and oxygen atoms in total. The van der Waals surface area contributed by atoms with Gasteiger partial charge in [-0.3, -0.25) is 0 Å². The topological polar surface area (TPSA) is 12.0 Å². The molecule has 5 heteroatoms. The summed E-state index contributed by atoms with van der Waals surface area (Å²) in [5, 5.41) is 2.73. The Bertz CT molecular complexity index is 643. The van der Waals surface area contributed by atoms with Crippen molar-refractivity contribution in [1.82, 2.24) is 5.32 Å². The summed E-state index contributed by atoms with van der Waals surface area (Å²) in [7, 11) is 1.54. The molecule has 20 heavy (non-hydrogen) atoms. The van der Waals surface area contributed by atoms with Crippen molar-refractivity contribution in [1.29, 1.82) is 0 Å². The molecule has 0 spiro atoms. The summed E-state index contributed by atoms with van der Waals surface area (Å²) >= 11 is 5.73. The molecule has 0 saturated heterocycles. The van der Waals surface area contributed by atoms with Crippen molar-refractivity contribution in [3.8, 4) is 0 Å². The van der Waals surface area contributed by atoms with Gasteiger partial charge in [-0.25, -0.2) is 13.2 Å². The lowest BCUT2D eigenvalue weighted by molar-refractivity contribution is 0.478. The highest BCUT2D eigenvalue weighted by Gasteiger charge is 2.23. The van der Waals surface area contributed by atoms with Crippen LogP contribution < -0.4 is 5.32 Å². The van der Waals surface area contributed by atoms with Gasteiger partial charge in [-0.05, 0) is 25.6 Å². The molecular formula is C15H13ClF3N. The number of hydrogen-bond acceptors (Lipinski definition) is 1. The molecule has 1 N–H and O–H groups in total. The highest BCUT2D eigenvalue weighted by molar-refractivity contribution is 6.30. The van der Waals surface area contributed by atoms with Crippen LogP contribution in [0.4, 0.5) is 13.2 Å². The van der Waals surface area contributed by atoms with Gasteiger partial charge in [0.15, 0.2) is 11.6 Å². The fourth-order valence-corrected chi connectivity index (χ4v) is 2.29. The van der Waals surface area contributed by atoms with E-state index in [0.29, 0.717) is 0 Å². The van der Waals surface area contributed by atoms with Crippen molar-refractivity contribution in [3.05, 3.63) is 69.5 Å². The van der Waals surface area contributed by atoms with E-state index in [-0.39, 0.29) is 21.7 Å². The Morgan fingerprint density at radius 1 is 0.950 bits per heavy atom. The SMILES string of the molecule is CNC(c1cccc(Cl)c1F)c1ccc(C)c(F)c1F. The standard InChI is InChI=1S/C15H13ClF3N/c1-8-6-7-10(14(19)12(8)17)15(20-2)9-4-3-5-11(16)13(9)18/h3-7,15,20H,1-2H3. The maximum atomic E-state index is 14.0. The third-order valence-electron chi connectivity index (χ3n) is 3.20. The number of benzene rings is 2. The predicted octanol–water partition coefficient (Wildman–Crippen LogP) is 4.37. The lowest BCUT2D eigenvalue weighted by Gasteiger charge is -2.19. The van der Waals surface area contributed by atoms with Crippen LogP contribution in [0.15, 0.2) is 30.3 Å². The highest BCUT2D eigenvalue weighted by Crippen LogP contribution is 2.30. The average Bonchev–Trinajstić information content (AvgIpc) is 2.44. The molecule has 2 aromatic rings. The summed E-state index contributed by atoms with van der Waals surface area (Å²) in [5.74, 6) is -2.55. The van der Waals surface area contributed by atoms with Crippen molar-refractivity contribution < 1.29 is 13.2 Å². The molecule has 0 aromatic heterocycles. The van der Waals surface area contributed by atoms with Gasteiger partial charge in [0.05, 0.1) is 11.1 Å². The van der Waals surface area contributed by atoms with Gasteiger partial charge in [0.25, 0.3) is 0 Å². The van der Waals surface area contributed by atoms with Gasteiger partial charge in [0.2, 0.25) is 0 Å². The lowest BCUT2D eigenvalue weighted by Crippen LogP contribution is -2.21. The predicted molar refractivity (Wildman–Crippen MR) is 73.4 cm³/mol. The van der Waals surface area contributed by atoms with E-state index in [1.165, 1.54) is 31.2 Å². The molecular weight excluding hydrogens is 287 g/mol. The summed E-state index contributed by atoms with van der Waals surface area (Å²) in [5.41, 5.74) is 0.409. The molecule has 0 bridgehead atoms. The zero-order chi connectivity index (χ0) is 14.9. The van der Waals surface area contributed by atoms with E-state index >= 15 is 0 Å². The van der Waals surface area contributed by atoms with Gasteiger partial charge in [-0.15, -0.1) is 0 Å². The molecule has 1 atom stereocenters. The first-order valence-corrected chi connectivity index (χ1v) is 6.40. The smallest absolute Gasteiger partial charge is 0.164 e. The second-order valence-corrected chi connectivity index (χ2v) is 4.87. The van der Waals surface area contributed by atoms with Gasteiger partial charge in [-0.1, -0.05) is 35.9 Å². The summed E-state index contributed by atoms with van der Waals surface area (Å²) in [6, 6.07) is 6.53. The first kappa shape index (κ1) is 14.9. The molecule has 0 saturated carbocycles. The van der Waals surface area contributed by atoms with E-state index in [4.69, 9.17) is 11.6 Å². The molecule has 2 aromatic carbocycles. The summed E-state index contributed by atoms with van der Waals surface area (Å²) in [6.45, 7) is 1.47. The van der Waals surface area contributed by atoms with E-state index in [0.717, 1.165) is 0 Å².